The van der Waals surface area contributed by atoms with E-state index >= 15 is 0 Å². The van der Waals surface area contributed by atoms with Crippen LogP contribution in [0.4, 0.5) is 10.1 Å². The van der Waals surface area contributed by atoms with Gasteiger partial charge in [-0.05, 0) is 55.9 Å². The van der Waals surface area contributed by atoms with Crippen LogP contribution in [-0.4, -0.2) is 37.6 Å². The van der Waals surface area contributed by atoms with Crippen molar-refractivity contribution in [3.05, 3.63) is 58.9 Å². The highest BCUT2D eigenvalue weighted by Crippen LogP contribution is 2.16. The molecule has 0 aliphatic heterocycles. The summed E-state index contributed by atoms with van der Waals surface area (Å²) >= 11 is 5.80. The molecule has 0 aliphatic carbocycles. The molecule has 0 saturated heterocycles. The predicted octanol–water partition coefficient (Wildman–Crippen LogP) is 3.74. The quantitative estimate of drug-likeness (QED) is 0.827. The third-order valence-electron chi connectivity index (χ3n) is 3.37. The van der Waals surface area contributed by atoms with E-state index in [2.05, 4.69) is 5.32 Å². The Labute approximate surface area is 146 Å². The van der Waals surface area contributed by atoms with Gasteiger partial charge < -0.3 is 10.1 Å². The molecule has 0 spiro atoms. The molecule has 0 unspecified atom stereocenters. The Morgan fingerprint density at radius 3 is 2.62 bits per heavy atom. The van der Waals surface area contributed by atoms with E-state index in [9.17, 15) is 9.18 Å². The fourth-order valence-corrected chi connectivity index (χ4v) is 2.21. The molecule has 1 N–H and O–H groups in total. The van der Waals surface area contributed by atoms with Crippen molar-refractivity contribution < 1.29 is 13.9 Å². The lowest BCUT2D eigenvalue weighted by atomic mass is 10.2. The standard InChI is InChI=1S/C18H20ClFN2O2/c1-13-3-8-17(16(20)11-13)21-18(23)12-22(2)9-10-24-15-6-4-14(19)5-7-15/h3-8,11H,9-10,12H2,1-2H3,(H,21,23). The van der Waals surface area contributed by atoms with Gasteiger partial charge in [0, 0.05) is 11.6 Å². The summed E-state index contributed by atoms with van der Waals surface area (Å²) in [5, 5.41) is 3.22. The molecule has 2 rings (SSSR count). The Morgan fingerprint density at radius 1 is 1.25 bits per heavy atom. The highest BCUT2D eigenvalue weighted by atomic mass is 35.5. The summed E-state index contributed by atoms with van der Waals surface area (Å²) in [7, 11) is 1.80. The lowest BCUT2D eigenvalue weighted by molar-refractivity contribution is -0.117. The number of carbonyl (C=O) groups is 1. The summed E-state index contributed by atoms with van der Waals surface area (Å²) in [5.41, 5.74) is 0.998. The van der Waals surface area contributed by atoms with Crippen molar-refractivity contribution in [2.45, 2.75) is 6.92 Å². The van der Waals surface area contributed by atoms with E-state index in [4.69, 9.17) is 16.3 Å². The number of carbonyl (C=O) groups excluding carboxylic acids is 1. The van der Waals surface area contributed by atoms with E-state index in [-0.39, 0.29) is 18.1 Å². The van der Waals surface area contributed by atoms with Gasteiger partial charge in [0.15, 0.2) is 0 Å². The number of halogens is 2. The average Bonchev–Trinajstić information content (AvgIpc) is 2.52. The molecule has 0 atom stereocenters. The first kappa shape index (κ1) is 18.2. The van der Waals surface area contributed by atoms with Crippen LogP contribution in [0.1, 0.15) is 5.56 Å². The summed E-state index contributed by atoms with van der Waals surface area (Å²) < 4.78 is 19.3. The maximum absolute atomic E-state index is 13.7. The Morgan fingerprint density at radius 2 is 1.96 bits per heavy atom. The number of anilines is 1. The van der Waals surface area contributed by atoms with Gasteiger partial charge >= 0.3 is 0 Å². The van der Waals surface area contributed by atoms with Gasteiger partial charge in [-0.3, -0.25) is 9.69 Å². The van der Waals surface area contributed by atoms with Crippen LogP contribution in [0.15, 0.2) is 42.5 Å². The molecule has 6 heteroatoms. The smallest absolute Gasteiger partial charge is 0.238 e. The normalized spacial score (nSPS) is 10.7. The van der Waals surface area contributed by atoms with Crippen molar-refractivity contribution in [2.24, 2.45) is 0 Å². The molecular weight excluding hydrogens is 331 g/mol. The van der Waals surface area contributed by atoms with E-state index in [1.807, 2.05) is 0 Å². The van der Waals surface area contributed by atoms with Crippen molar-refractivity contribution in [2.75, 3.05) is 32.1 Å². The number of aryl methyl sites for hydroxylation is 1. The number of likely N-dealkylation sites (N-methyl/N-ethyl adjacent to an activating group) is 1. The molecule has 128 valence electrons. The molecule has 0 heterocycles. The van der Waals surface area contributed by atoms with E-state index in [1.165, 1.54) is 6.07 Å². The van der Waals surface area contributed by atoms with Crippen LogP contribution >= 0.6 is 11.6 Å². The molecule has 0 radical (unpaired) electrons. The Bertz CT molecular complexity index is 692. The van der Waals surface area contributed by atoms with Crippen LogP contribution in [-0.2, 0) is 4.79 Å². The van der Waals surface area contributed by atoms with Crippen LogP contribution in [0.2, 0.25) is 5.02 Å². The first-order valence-corrected chi connectivity index (χ1v) is 7.95. The van der Waals surface area contributed by atoms with Crippen LogP contribution in [0.25, 0.3) is 0 Å². The fraction of sp³-hybridized carbons (Fsp3) is 0.278. The first-order chi connectivity index (χ1) is 11.4. The molecule has 4 nitrogen and oxygen atoms in total. The number of benzene rings is 2. The SMILES string of the molecule is Cc1ccc(NC(=O)CN(C)CCOc2ccc(Cl)cc2)c(F)c1. The van der Waals surface area contributed by atoms with Crippen LogP contribution in [0.5, 0.6) is 5.75 Å². The molecular formula is C18H20ClFN2O2. The minimum absolute atomic E-state index is 0.150. The van der Waals surface area contributed by atoms with Crippen LogP contribution < -0.4 is 10.1 Å². The van der Waals surface area contributed by atoms with Gasteiger partial charge in [-0.2, -0.15) is 0 Å². The molecule has 0 fully saturated rings. The zero-order valence-electron chi connectivity index (χ0n) is 13.7. The lowest BCUT2D eigenvalue weighted by Crippen LogP contribution is -2.33. The average molecular weight is 351 g/mol. The highest BCUT2D eigenvalue weighted by Gasteiger charge is 2.10. The van der Waals surface area contributed by atoms with Gasteiger partial charge in [0.1, 0.15) is 18.2 Å². The Kier molecular flexibility index (Phi) is 6.58. The summed E-state index contributed by atoms with van der Waals surface area (Å²) in [6.07, 6.45) is 0. The predicted molar refractivity (Wildman–Crippen MR) is 94.2 cm³/mol. The number of nitrogens with one attached hydrogen (secondary N) is 1. The van der Waals surface area contributed by atoms with Crippen LogP contribution in [0.3, 0.4) is 0 Å². The van der Waals surface area contributed by atoms with Gasteiger partial charge in [-0.25, -0.2) is 4.39 Å². The number of nitrogens with zero attached hydrogens (tertiary/aromatic N) is 1. The highest BCUT2D eigenvalue weighted by molar-refractivity contribution is 6.30. The number of ether oxygens (including phenoxy) is 1. The molecule has 0 bridgehead atoms. The number of hydrogen-bond acceptors (Lipinski definition) is 3. The fourth-order valence-electron chi connectivity index (χ4n) is 2.09. The van der Waals surface area contributed by atoms with Crippen molar-refractivity contribution in [1.82, 2.24) is 4.90 Å². The molecule has 0 aliphatic rings. The maximum Gasteiger partial charge on any atom is 0.238 e. The second-order valence-electron chi connectivity index (χ2n) is 5.57. The summed E-state index contributed by atoms with van der Waals surface area (Å²) in [4.78, 5) is 13.8. The lowest BCUT2D eigenvalue weighted by Gasteiger charge is -2.17. The van der Waals surface area contributed by atoms with E-state index in [0.29, 0.717) is 18.2 Å². The van der Waals surface area contributed by atoms with Crippen molar-refractivity contribution in [3.8, 4) is 5.75 Å². The Hall–Kier alpha value is -2.11. The molecule has 2 aromatic rings. The van der Waals surface area contributed by atoms with Gasteiger partial charge in [0.2, 0.25) is 5.91 Å². The van der Waals surface area contributed by atoms with Gasteiger partial charge in [-0.15, -0.1) is 0 Å². The maximum atomic E-state index is 13.7. The minimum atomic E-state index is -0.433. The third-order valence-corrected chi connectivity index (χ3v) is 3.62. The third kappa shape index (κ3) is 5.83. The zero-order chi connectivity index (χ0) is 17.5. The molecule has 0 aromatic heterocycles. The topological polar surface area (TPSA) is 41.6 Å². The van der Waals surface area contributed by atoms with E-state index < -0.39 is 5.82 Å². The van der Waals surface area contributed by atoms with Gasteiger partial charge in [0.05, 0.1) is 12.2 Å². The van der Waals surface area contributed by atoms with Gasteiger partial charge in [0.25, 0.3) is 0 Å². The number of hydrogen-bond donors (Lipinski definition) is 1. The Balaban J connectivity index is 1.74. The first-order valence-electron chi connectivity index (χ1n) is 7.57. The van der Waals surface area contributed by atoms with E-state index in [0.717, 1.165) is 11.3 Å². The largest absolute Gasteiger partial charge is 0.492 e. The molecule has 1 amide bonds. The van der Waals surface area contributed by atoms with Crippen molar-refractivity contribution in [1.29, 1.82) is 0 Å². The number of amides is 1. The summed E-state index contributed by atoms with van der Waals surface area (Å²) in [5.74, 6) is 0.0165. The summed E-state index contributed by atoms with van der Waals surface area (Å²) in [6.45, 7) is 2.94. The van der Waals surface area contributed by atoms with E-state index in [1.54, 1.807) is 55.3 Å². The second-order valence-corrected chi connectivity index (χ2v) is 6.01. The van der Waals surface area contributed by atoms with Crippen LogP contribution in [0, 0.1) is 12.7 Å². The number of rotatable bonds is 7. The van der Waals surface area contributed by atoms with Gasteiger partial charge in [-0.1, -0.05) is 17.7 Å². The minimum Gasteiger partial charge on any atom is -0.492 e. The molecule has 24 heavy (non-hydrogen) atoms. The van der Waals surface area contributed by atoms with Crippen molar-refractivity contribution >= 4 is 23.2 Å². The summed E-state index contributed by atoms with van der Waals surface area (Å²) in [6, 6.07) is 11.8. The zero-order valence-corrected chi connectivity index (χ0v) is 14.4. The molecule has 0 saturated carbocycles. The van der Waals surface area contributed by atoms with Crippen molar-refractivity contribution in [3.63, 3.8) is 0 Å². The monoisotopic (exact) mass is 350 g/mol. The molecule has 2 aromatic carbocycles. The second kappa shape index (κ2) is 8.66.